The Bertz CT molecular complexity index is 272. The van der Waals surface area contributed by atoms with Gasteiger partial charge in [0, 0.05) is 12.2 Å². The molecule has 1 heterocycles. The van der Waals surface area contributed by atoms with E-state index in [1.54, 1.807) is 6.20 Å². The summed E-state index contributed by atoms with van der Waals surface area (Å²) in [5, 5.41) is 9.74. The van der Waals surface area contributed by atoms with Crippen molar-refractivity contribution in [3.63, 3.8) is 0 Å². The molecule has 0 aliphatic heterocycles. The molecule has 1 aromatic heterocycles. The van der Waals surface area contributed by atoms with Gasteiger partial charge in [-0.25, -0.2) is 0 Å². The van der Waals surface area contributed by atoms with Gasteiger partial charge in [-0.3, -0.25) is 4.98 Å². The zero-order valence-electron chi connectivity index (χ0n) is 7.48. The fraction of sp³-hybridized carbons (Fsp3) is 0.500. The van der Waals surface area contributed by atoms with E-state index < -0.39 is 6.10 Å². The van der Waals surface area contributed by atoms with E-state index in [0.717, 1.165) is 30.5 Å². The summed E-state index contributed by atoms with van der Waals surface area (Å²) in [6.07, 6.45) is 3.97. The summed E-state index contributed by atoms with van der Waals surface area (Å²) >= 11 is 0. The predicted octanol–water partition coefficient (Wildman–Crippen LogP) is 1.30. The van der Waals surface area contributed by atoms with E-state index in [2.05, 4.69) is 4.98 Å². The van der Waals surface area contributed by atoms with Crippen LogP contribution in [0.1, 0.15) is 42.7 Å². The van der Waals surface area contributed by atoms with Crippen LogP contribution in [-0.2, 0) is 0 Å². The molecule has 2 rings (SSSR count). The molecule has 0 spiro atoms. The molecule has 2 unspecified atom stereocenters. The Morgan fingerprint density at radius 1 is 1.46 bits per heavy atom. The van der Waals surface area contributed by atoms with Gasteiger partial charge in [-0.1, -0.05) is 6.07 Å². The van der Waals surface area contributed by atoms with E-state index >= 15 is 0 Å². The number of rotatable bonds is 0. The van der Waals surface area contributed by atoms with Crippen LogP contribution >= 0.6 is 0 Å². The van der Waals surface area contributed by atoms with E-state index in [4.69, 9.17) is 5.73 Å². The number of pyridine rings is 1. The maximum absolute atomic E-state index is 9.74. The Balaban J connectivity index is 2.45. The molecule has 2 atom stereocenters. The molecule has 3 N–H and O–H groups in total. The lowest BCUT2D eigenvalue weighted by molar-refractivity contribution is 0.162. The third-order valence-corrected chi connectivity index (χ3v) is 2.58. The molecular weight excluding hydrogens is 164 g/mol. The highest BCUT2D eigenvalue weighted by Crippen LogP contribution is 2.30. The van der Waals surface area contributed by atoms with Crippen LogP contribution in [0.2, 0.25) is 0 Å². The average molecular weight is 178 g/mol. The zero-order chi connectivity index (χ0) is 9.26. The Morgan fingerprint density at radius 3 is 3.15 bits per heavy atom. The van der Waals surface area contributed by atoms with Crippen molar-refractivity contribution in [2.75, 3.05) is 0 Å². The normalized spacial score (nSPS) is 27.8. The highest BCUT2D eigenvalue weighted by Gasteiger charge is 2.21. The number of fused-ring (bicyclic) bond motifs is 1. The minimum atomic E-state index is -0.426. The second-order valence-corrected chi connectivity index (χ2v) is 3.53. The molecule has 1 aromatic rings. The molecule has 0 bridgehead atoms. The van der Waals surface area contributed by atoms with Crippen molar-refractivity contribution >= 4 is 0 Å². The van der Waals surface area contributed by atoms with Crippen LogP contribution in [0.15, 0.2) is 18.3 Å². The molecule has 1 aliphatic rings. The SMILES string of the molecule is NC1CCCC(O)c2ncccc21. The number of hydrogen-bond acceptors (Lipinski definition) is 3. The lowest BCUT2D eigenvalue weighted by atomic mass is 10.0. The largest absolute Gasteiger partial charge is 0.387 e. The standard InChI is InChI=1S/C10H14N2O/c11-8-4-1-5-9(13)10-7(8)3-2-6-12-10/h2-3,6,8-9,13H,1,4-5,11H2. The summed E-state index contributed by atoms with van der Waals surface area (Å²) in [6.45, 7) is 0. The fourth-order valence-electron chi connectivity index (χ4n) is 1.85. The molecular formula is C10H14N2O. The lowest BCUT2D eigenvalue weighted by Crippen LogP contribution is -2.11. The zero-order valence-corrected chi connectivity index (χ0v) is 7.48. The third kappa shape index (κ3) is 1.57. The second-order valence-electron chi connectivity index (χ2n) is 3.53. The smallest absolute Gasteiger partial charge is 0.0963 e. The minimum Gasteiger partial charge on any atom is -0.387 e. The summed E-state index contributed by atoms with van der Waals surface area (Å²) < 4.78 is 0. The van der Waals surface area contributed by atoms with Gasteiger partial charge in [0.15, 0.2) is 0 Å². The summed E-state index contributed by atoms with van der Waals surface area (Å²) in [6, 6.07) is 3.87. The lowest BCUT2D eigenvalue weighted by Gasteiger charge is -2.12. The highest BCUT2D eigenvalue weighted by molar-refractivity contribution is 5.26. The van der Waals surface area contributed by atoms with Crippen molar-refractivity contribution < 1.29 is 5.11 Å². The quantitative estimate of drug-likeness (QED) is 0.589. The average Bonchev–Trinajstić information content (AvgIpc) is 2.29. The Kier molecular flexibility index (Phi) is 2.29. The molecule has 0 saturated heterocycles. The predicted molar refractivity (Wildman–Crippen MR) is 50.0 cm³/mol. The molecule has 13 heavy (non-hydrogen) atoms. The first-order valence-electron chi connectivity index (χ1n) is 4.67. The van der Waals surface area contributed by atoms with Crippen molar-refractivity contribution in [1.82, 2.24) is 4.98 Å². The summed E-state index contributed by atoms with van der Waals surface area (Å²) in [7, 11) is 0. The Morgan fingerprint density at radius 2 is 2.31 bits per heavy atom. The summed E-state index contributed by atoms with van der Waals surface area (Å²) in [4.78, 5) is 4.18. The highest BCUT2D eigenvalue weighted by atomic mass is 16.3. The van der Waals surface area contributed by atoms with Crippen molar-refractivity contribution in [2.45, 2.75) is 31.4 Å². The number of aliphatic hydroxyl groups excluding tert-OH is 1. The molecule has 70 valence electrons. The molecule has 0 fully saturated rings. The molecule has 0 amide bonds. The van der Waals surface area contributed by atoms with Crippen LogP contribution in [-0.4, -0.2) is 10.1 Å². The van der Waals surface area contributed by atoms with Crippen molar-refractivity contribution in [2.24, 2.45) is 5.73 Å². The molecule has 0 aromatic carbocycles. The maximum Gasteiger partial charge on any atom is 0.0963 e. The van der Waals surface area contributed by atoms with Gasteiger partial charge in [-0.2, -0.15) is 0 Å². The Labute approximate surface area is 77.6 Å². The van der Waals surface area contributed by atoms with Crippen molar-refractivity contribution in [3.8, 4) is 0 Å². The number of aromatic nitrogens is 1. The molecule has 0 saturated carbocycles. The van der Waals surface area contributed by atoms with E-state index in [-0.39, 0.29) is 6.04 Å². The first-order chi connectivity index (χ1) is 6.29. The van der Waals surface area contributed by atoms with Crippen LogP contribution in [0.3, 0.4) is 0 Å². The van der Waals surface area contributed by atoms with Gasteiger partial charge >= 0.3 is 0 Å². The fourth-order valence-corrected chi connectivity index (χ4v) is 1.85. The second kappa shape index (κ2) is 3.44. The van der Waals surface area contributed by atoms with E-state index in [9.17, 15) is 5.11 Å². The summed E-state index contributed by atoms with van der Waals surface area (Å²) in [5.74, 6) is 0. The number of nitrogens with two attached hydrogens (primary N) is 1. The number of aliphatic hydroxyl groups is 1. The van der Waals surface area contributed by atoms with Gasteiger partial charge in [0.2, 0.25) is 0 Å². The first kappa shape index (κ1) is 8.66. The van der Waals surface area contributed by atoms with Gasteiger partial charge in [0.1, 0.15) is 0 Å². The van der Waals surface area contributed by atoms with Crippen LogP contribution in [0.4, 0.5) is 0 Å². The van der Waals surface area contributed by atoms with E-state index in [0.29, 0.717) is 0 Å². The number of hydrogen-bond donors (Lipinski definition) is 2. The third-order valence-electron chi connectivity index (χ3n) is 2.58. The Hall–Kier alpha value is -0.930. The van der Waals surface area contributed by atoms with Crippen LogP contribution in [0.25, 0.3) is 0 Å². The van der Waals surface area contributed by atoms with Gasteiger partial charge in [0.25, 0.3) is 0 Å². The molecule has 3 heteroatoms. The van der Waals surface area contributed by atoms with Gasteiger partial charge < -0.3 is 10.8 Å². The van der Waals surface area contributed by atoms with E-state index in [1.165, 1.54) is 0 Å². The molecule has 1 aliphatic carbocycles. The van der Waals surface area contributed by atoms with Crippen LogP contribution in [0.5, 0.6) is 0 Å². The van der Waals surface area contributed by atoms with Crippen molar-refractivity contribution in [1.29, 1.82) is 0 Å². The van der Waals surface area contributed by atoms with E-state index in [1.807, 2.05) is 12.1 Å². The topological polar surface area (TPSA) is 59.1 Å². The molecule has 3 nitrogen and oxygen atoms in total. The van der Waals surface area contributed by atoms with Crippen LogP contribution in [0, 0.1) is 0 Å². The minimum absolute atomic E-state index is 0.0425. The molecule has 0 radical (unpaired) electrons. The van der Waals surface area contributed by atoms with Gasteiger partial charge in [-0.05, 0) is 30.9 Å². The maximum atomic E-state index is 9.74. The van der Waals surface area contributed by atoms with Gasteiger partial charge in [0.05, 0.1) is 11.8 Å². The first-order valence-corrected chi connectivity index (χ1v) is 4.67. The summed E-state index contributed by atoms with van der Waals surface area (Å²) in [5.41, 5.74) is 7.74. The number of nitrogens with zero attached hydrogens (tertiary/aromatic N) is 1. The monoisotopic (exact) mass is 178 g/mol. The van der Waals surface area contributed by atoms with Crippen LogP contribution < -0.4 is 5.73 Å². The van der Waals surface area contributed by atoms with Gasteiger partial charge in [-0.15, -0.1) is 0 Å². The van der Waals surface area contributed by atoms with Crippen molar-refractivity contribution in [3.05, 3.63) is 29.6 Å².